The van der Waals surface area contributed by atoms with Crippen LogP contribution in [0.2, 0.25) is 0 Å². The first-order valence-electron chi connectivity index (χ1n) is 9.60. The molecular formula is C20H32N4O2. The van der Waals surface area contributed by atoms with Crippen LogP contribution < -0.4 is 15.4 Å². The van der Waals surface area contributed by atoms with Gasteiger partial charge in [0.1, 0.15) is 5.75 Å². The van der Waals surface area contributed by atoms with Crippen LogP contribution in [0.25, 0.3) is 0 Å². The topological polar surface area (TPSA) is 66.0 Å². The summed E-state index contributed by atoms with van der Waals surface area (Å²) in [6.07, 6.45) is 1.70. The molecule has 144 valence electrons. The minimum atomic E-state index is 0.175. The highest BCUT2D eigenvalue weighted by atomic mass is 16.5. The average Bonchev–Trinajstić information content (AvgIpc) is 3.08. The Bertz CT molecular complexity index is 598. The number of likely N-dealkylation sites (tertiary alicyclic amines) is 1. The minimum Gasteiger partial charge on any atom is -0.491 e. The molecule has 2 N–H and O–H groups in total. The molecule has 2 rings (SSSR count). The van der Waals surface area contributed by atoms with Gasteiger partial charge in [0.2, 0.25) is 5.91 Å². The molecule has 0 aromatic heterocycles. The van der Waals surface area contributed by atoms with Crippen molar-refractivity contribution in [1.82, 2.24) is 15.5 Å². The molecule has 1 fully saturated rings. The van der Waals surface area contributed by atoms with Crippen LogP contribution in [0.5, 0.6) is 5.75 Å². The molecule has 1 amide bonds. The summed E-state index contributed by atoms with van der Waals surface area (Å²) < 4.78 is 5.67. The van der Waals surface area contributed by atoms with Crippen molar-refractivity contribution in [2.75, 3.05) is 19.6 Å². The SMILES string of the molecule is CCNC(=NCc1ccc(OC(C)C)cc1)NC1CCN(C(=O)CC)C1. The van der Waals surface area contributed by atoms with E-state index in [9.17, 15) is 4.79 Å². The van der Waals surface area contributed by atoms with E-state index in [1.807, 2.05) is 49.9 Å². The number of hydrogen-bond donors (Lipinski definition) is 2. The Kier molecular flexibility index (Phi) is 7.75. The molecule has 1 aromatic carbocycles. The molecule has 0 radical (unpaired) electrons. The summed E-state index contributed by atoms with van der Waals surface area (Å²) in [5.74, 6) is 1.90. The third kappa shape index (κ3) is 6.24. The van der Waals surface area contributed by atoms with Gasteiger partial charge >= 0.3 is 0 Å². The lowest BCUT2D eigenvalue weighted by molar-refractivity contribution is -0.129. The van der Waals surface area contributed by atoms with Crippen molar-refractivity contribution in [1.29, 1.82) is 0 Å². The van der Waals surface area contributed by atoms with Crippen molar-refractivity contribution < 1.29 is 9.53 Å². The lowest BCUT2D eigenvalue weighted by atomic mass is 10.2. The van der Waals surface area contributed by atoms with Crippen molar-refractivity contribution in [3.63, 3.8) is 0 Å². The van der Waals surface area contributed by atoms with Gasteiger partial charge in [0, 0.05) is 32.1 Å². The highest BCUT2D eigenvalue weighted by Gasteiger charge is 2.25. The molecule has 1 aromatic rings. The molecule has 1 unspecified atom stereocenters. The quantitative estimate of drug-likeness (QED) is 0.579. The van der Waals surface area contributed by atoms with E-state index in [1.54, 1.807) is 0 Å². The number of amides is 1. The summed E-state index contributed by atoms with van der Waals surface area (Å²) in [6.45, 7) is 11.0. The van der Waals surface area contributed by atoms with Gasteiger partial charge in [-0.15, -0.1) is 0 Å². The summed E-state index contributed by atoms with van der Waals surface area (Å²) in [5, 5.41) is 6.74. The van der Waals surface area contributed by atoms with Crippen LogP contribution in [-0.2, 0) is 11.3 Å². The molecule has 1 aliphatic heterocycles. The van der Waals surface area contributed by atoms with Crippen molar-refractivity contribution in [3.8, 4) is 5.75 Å². The molecule has 6 nitrogen and oxygen atoms in total. The van der Waals surface area contributed by atoms with Gasteiger partial charge in [-0.3, -0.25) is 4.79 Å². The van der Waals surface area contributed by atoms with Crippen LogP contribution >= 0.6 is 0 Å². The molecular weight excluding hydrogens is 328 g/mol. The van der Waals surface area contributed by atoms with E-state index in [4.69, 9.17) is 4.74 Å². The first kappa shape index (κ1) is 20.1. The van der Waals surface area contributed by atoms with Gasteiger partial charge in [-0.25, -0.2) is 4.99 Å². The summed E-state index contributed by atoms with van der Waals surface area (Å²) in [4.78, 5) is 18.4. The Morgan fingerprint density at radius 3 is 2.65 bits per heavy atom. The summed E-state index contributed by atoms with van der Waals surface area (Å²) in [6, 6.07) is 8.31. The molecule has 26 heavy (non-hydrogen) atoms. The minimum absolute atomic E-state index is 0.175. The highest BCUT2D eigenvalue weighted by molar-refractivity contribution is 5.80. The fourth-order valence-corrected chi connectivity index (χ4v) is 2.96. The van der Waals surface area contributed by atoms with Gasteiger partial charge in [-0.2, -0.15) is 0 Å². The molecule has 0 saturated carbocycles. The zero-order valence-electron chi connectivity index (χ0n) is 16.4. The molecule has 1 atom stereocenters. The monoisotopic (exact) mass is 360 g/mol. The van der Waals surface area contributed by atoms with Crippen LogP contribution in [0.4, 0.5) is 0 Å². The second kappa shape index (κ2) is 10.0. The Hall–Kier alpha value is -2.24. The zero-order chi connectivity index (χ0) is 18.9. The van der Waals surface area contributed by atoms with Gasteiger partial charge in [-0.05, 0) is 44.9 Å². The second-order valence-electron chi connectivity index (χ2n) is 6.83. The maximum atomic E-state index is 11.8. The van der Waals surface area contributed by atoms with Crippen LogP contribution in [0.3, 0.4) is 0 Å². The molecule has 0 aliphatic carbocycles. The van der Waals surface area contributed by atoms with Gasteiger partial charge in [0.05, 0.1) is 12.6 Å². The zero-order valence-corrected chi connectivity index (χ0v) is 16.4. The number of aliphatic imine (C=N–C) groups is 1. The Morgan fingerprint density at radius 1 is 1.31 bits per heavy atom. The number of nitrogens with one attached hydrogen (secondary N) is 2. The third-order valence-corrected chi connectivity index (χ3v) is 4.24. The standard InChI is InChI=1S/C20H32N4O2/c1-5-19(25)24-12-11-17(14-24)23-20(21-6-2)22-13-16-7-9-18(10-8-16)26-15(3)4/h7-10,15,17H,5-6,11-14H2,1-4H3,(H2,21,22,23). The van der Waals surface area contributed by atoms with Crippen LogP contribution in [0, 0.1) is 0 Å². The average molecular weight is 361 g/mol. The van der Waals surface area contributed by atoms with Crippen LogP contribution in [-0.4, -0.2) is 48.5 Å². The number of nitrogens with zero attached hydrogens (tertiary/aromatic N) is 2. The van der Waals surface area contributed by atoms with Gasteiger partial charge in [0.15, 0.2) is 5.96 Å². The van der Waals surface area contributed by atoms with E-state index in [-0.39, 0.29) is 18.1 Å². The van der Waals surface area contributed by atoms with Crippen LogP contribution in [0.15, 0.2) is 29.3 Å². The van der Waals surface area contributed by atoms with E-state index in [0.717, 1.165) is 43.3 Å². The number of benzene rings is 1. The highest BCUT2D eigenvalue weighted by Crippen LogP contribution is 2.14. The fraction of sp³-hybridized carbons (Fsp3) is 0.600. The number of carbonyl (C=O) groups is 1. The summed E-state index contributed by atoms with van der Waals surface area (Å²) >= 11 is 0. The van der Waals surface area contributed by atoms with Crippen molar-refractivity contribution in [2.24, 2.45) is 4.99 Å². The maximum Gasteiger partial charge on any atom is 0.222 e. The first-order chi connectivity index (χ1) is 12.5. The molecule has 6 heteroatoms. The van der Waals surface area contributed by atoms with E-state index in [0.29, 0.717) is 13.0 Å². The summed E-state index contributed by atoms with van der Waals surface area (Å²) in [7, 11) is 0. The second-order valence-corrected chi connectivity index (χ2v) is 6.83. The van der Waals surface area contributed by atoms with Crippen molar-refractivity contribution in [2.45, 2.75) is 59.2 Å². The van der Waals surface area contributed by atoms with Crippen molar-refractivity contribution in [3.05, 3.63) is 29.8 Å². The van der Waals surface area contributed by atoms with Gasteiger partial charge in [-0.1, -0.05) is 19.1 Å². The van der Waals surface area contributed by atoms with Crippen LogP contribution in [0.1, 0.15) is 46.1 Å². The Balaban J connectivity index is 1.91. The molecule has 1 saturated heterocycles. The van der Waals surface area contributed by atoms with E-state index < -0.39 is 0 Å². The Morgan fingerprint density at radius 2 is 2.04 bits per heavy atom. The number of hydrogen-bond acceptors (Lipinski definition) is 3. The maximum absolute atomic E-state index is 11.8. The van der Waals surface area contributed by atoms with E-state index in [2.05, 4.69) is 22.5 Å². The lowest BCUT2D eigenvalue weighted by Crippen LogP contribution is -2.45. The normalized spacial score (nSPS) is 17.5. The number of carbonyl (C=O) groups excluding carboxylic acids is 1. The lowest BCUT2D eigenvalue weighted by Gasteiger charge is -2.18. The van der Waals surface area contributed by atoms with Crippen molar-refractivity contribution >= 4 is 11.9 Å². The third-order valence-electron chi connectivity index (χ3n) is 4.24. The predicted octanol–water partition coefficient (Wildman–Crippen LogP) is 2.54. The molecule has 1 heterocycles. The number of ether oxygens (including phenoxy) is 1. The molecule has 1 aliphatic rings. The summed E-state index contributed by atoms with van der Waals surface area (Å²) in [5.41, 5.74) is 1.13. The smallest absolute Gasteiger partial charge is 0.222 e. The first-order valence-corrected chi connectivity index (χ1v) is 9.60. The molecule has 0 bridgehead atoms. The van der Waals surface area contributed by atoms with Gasteiger partial charge in [0.25, 0.3) is 0 Å². The number of guanidine groups is 1. The predicted molar refractivity (Wildman–Crippen MR) is 105 cm³/mol. The number of rotatable bonds is 7. The fourth-order valence-electron chi connectivity index (χ4n) is 2.96. The largest absolute Gasteiger partial charge is 0.491 e. The molecule has 0 spiro atoms. The Labute approximate surface area is 157 Å². The van der Waals surface area contributed by atoms with E-state index in [1.165, 1.54) is 0 Å². The van der Waals surface area contributed by atoms with Gasteiger partial charge < -0.3 is 20.3 Å². The van der Waals surface area contributed by atoms with E-state index >= 15 is 0 Å².